The number of carbonyl (C=O) groups is 2. The van der Waals surface area contributed by atoms with Crippen LogP contribution in [0, 0.1) is 5.41 Å². The van der Waals surface area contributed by atoms with Gasteiger partial charge in [-0.15, -0.1) is 0 Å². The van der Waals surface area contributed by atoms with Crippen LogP contribution in [0.25, 0.3) is 10.9 Å². The summed E-state index contributed by atoms with van der Waals surface area (Å²) >= 11 is 0. The van der Waals surface area contributed by atoms with Gasteiger partial charge in [-0.1, -0.05) is 19.1 Å². The monoisotopic (exact) mass is 420 g/mol. The van der Waals surface area contributed by atoms with Crippen LogP contribution < -0.4 is 0 Å². The number of fused-ring (bicyclic) bond motifs is 1. The van der Waals surface area contributed by atoms with Gasteiger partial charge in [0.25, 0.3) is 0 Å². The summed E-state index contributed by atoms with van der Waals surface area (Å²) in [5.41, 5.74) is 2.58. The number of aliphatic hydroxyl groups is 1. The first-order valence-corrected chi connectivity index (χ1v) is 11.7. The van der Waals surface area contributed by atoms with Crippen LogP contribution in [0.2, 0.25) is 0 Å². The molecule has 3 N–H and O–H groups in total. The molecule has 8 rings (SSSR count). The molecule has 6 aliphatic rings. The number of nitrogens with one attached hydrogen (secondary N) is 1. The molecule has 6 fully saturated rings. The summed E-state index contributed by atoms with van der Waals surface area (Å²) in [6.45, 7) is 2.00. The highest BCUT2D eigenvalue weighted by Crippen LogP contribution is 2.82. The van der Waals surface area contributed by atoms with Crippen LogP contribution in [0.4, 0.5) is 0 Å². The van der Waals surface area contributed by atoms with Crippen LogP contribution in [0.3, 0.4) is 0 Å². The number of aromatic carboxylic acids is 1. The fourth-order valence-corrected chi connectivity index (χ4v) is 8.23. The maximum atomic E-state index is 13.6. The predicted octanol–water partition coefficient (Wildman–Crippen LogP) is 3.90. The van der Waals surface area contributed by atoms with E-state index in [2.05, 4.69) is 16.0 Å². The summed E-state index contributed by atoms with van der Waals surface area (Å²) in [5, 5.41) is 21.8. The Morgan fingerprint density at radius 1 is 1.23 bits per heavy atom. The lowest BCUT2D eigenvalue weighted by atomic mass is 9.76. The van der Waals surface area contributed by atoms with E-state index in [0.29, 0.717) is 18.8 Å². The third-order valence-electron chi connectivity index (χ3n) is 9.22. The summed E-state index contributed by atoms with van der Waals surface area (Å²) in [5.74, 6) is -0.514. The summed E-state index contributed by atoms with van der Waals surface area (Å²) in [4.78, 5) is 30.9. The fraction of sp³-hybridized carbons (Fsp3) is 0.600. The maximum Gasteiger partial charge on any atom is 0.352 e. The number of aromatic nitrogens is 1. The molecule has 2 spiro atoms. The maximum absolute atomic E-state index is 13.6. The Morgan fingerprint density at radius 3 is 2.74 bits per heavy atom. The molecule has 5 atom stereocenters. The van der Waals surface area contributed by atoms with Crippen molar-refractivity contribution in [3.8, 4) is 0 Å². The molecule has 162 valence electrons. The van der Waals surface area contributed by atoms with Gasteiger partial charge in [-0.3, -0.25) is 4.79 Å². The van der Waals surface area contributed by atoms with Gasteiger partial charge in [-0.2, -0.15) is 0 Å². The van der Waals surface area contributed by atoms with E-state index in [0.717, 1.165) is 55.0 Å². The number of hydrogen-bond acceptors (Lipinski definition) is 3. The second kappa shape index (κ2) is 5.34. The Kier molecular flexibility index (Phi) is 3.15. The van der Waals surface area contributed by atoms with E-state index >= 15 is 0 Å². The molecule has 31 heavy (non-hydrogen) atoms. The van der Waals surface area contributed by atoms with Crippen molar-refractivity contribution in [2.75, 3.05) is 0 Å². The molecule has 2 aliphatic heterocycles. The number of benzene rings is 1. The number of nitrogens with zero attached hydrogens (tertiary/aromatic N) is 1. The average molecular weight is 421 g/mol. The van der Waals surface area contributed by atoms with Crippen LogP contribution in [0.15, 0.2) is 18.2 Å². The standard InChI is InChI=1S/C25H28N2O4/c1-13(7-18(28)27-15-8-23-10-24(31,9-15)12-25(23,27)11-23)19-20-16(14-5-6-14)3-2-4-17(20)26-21(19)22(29)30/h2-4,13-15,26,31H,5-12H2,1H3,(H,29,30). The highest BCUT2D eigenvalue weighted by molar-refractivity contribution is 6.00. The Balaban J connectivity index is 1.25. The van der Waals surface area contributed by atoms with Crippen molar-refractivity contribution in [1.29, 1.82) is 0 Å². The van der Waals surface area contributed by atoms with Gasteiger partial charge < -0.3 is 20.1 Å². The van der Waals surface area contributed by atoms with E-state index in [9.17, 15) is 19.8 Å². The van der Waals surface area contributed by atoms with Crippen LogP contribution >= 0.6 is 0 Å². The highest BCUT2D eigenvalue weighted by atomic mass is 16.4. The van der Waals surface area contributed by atoms with Crippen LogP contribution in [-0.2, 0) is 4.79 Å². The normalized spacial score (nSPS) is 38.0. The van der Waals surface area contributed by atoms with Gasteiger partial charge in [0.15, 0.2) is 0 Å². The zero-order valence-electron chi connectivity index (χ0n) is 17.8. The Hall–Kier alpha value is -2.34. The van der Waals surface area contributed by atoms with E-state index in [1.54, 1.807) is 0 Å². The van der Waals surface area contributed by atoms with Gasteiger partial charge in [-0.25, -0.2) is 4.79 Å². The first-order valence-electron chi connectivity index (χ1n) is 11.7. The van der Waals surface area contributed by atoms with Crippen molar-refractivity contribution in [2.24, 2.45) is 5.41 Å². The molecule has 6 heteroatoms. The molecular formula is C25H28N2O4. The van der Waals surface area contributed by atoms with Gasteiger partial charge in [-0.05, 0) is 67.6 Å². The molecule has 2 saturated heterocycles. The highest BCUT2D eigenvalue weighted by Gasteiger charge is 2.86. The van der Waals surface area contributed by atoms with E-state index in [4.69, 9.17) is 0 Å². The number of carbonyl (C=O) groups excluding carboxylic acids is 1. The minimum Gasteiger partial charge on any atom is -0.477 e. The number of rotatable bonds is 5. The van der Waals surface area contributed by atoms with Gasteiger partial charge in [0.1, 0.15) is 5.69 Å². The van der Waals surface area contributed by atoms with Crippen molar-refractivity contribution in [2.45, 2.75) is 87.3 Å². The molecule has 4 saturated carbocycles. The molecule has 6 nitrogen and oxygen atoms in total. The number of aromatic amines is 1. The largest absolute Gasteiger partial charge is 0.477 e. The van der Waals surface area contributed by atoms with E-state index < -0.39 is 11.6 Å². The summed E-state index contributed by atoms with van der Waals surface area (Å²) in [6, 6.07) is 6.21. The number of piperidine rings is 2. The number of carboxylic acid groups (broad SMARTS) is 1. The van der Waals surface area contributed by atoms with Gasteiger partial charge in [0.2, 0.25) is 5.91 Å². The minimum absolute atomic E-state index is 0.115. The second-order valence-corrected chi connectivity index (χ2v) is 11.3. The molecule has 4 aliphatic carbocycles. The third kappa shape index (κ3) is 2.17. The summed E-state index contributed by atoms with van der Waals surface area (Å²) in [7, 11) is 0. The Labute approximate surface area is 180 Å². The molecule has 1 amide bonds. The molecule has 2 aromatic rings. The lowest BCUT2D eigenvalue weighted by molar-refractivity contribution is -0.144. The second-order valence-electron chi connectivity index (χ2n) is 11.3. The fourth-order valence-electron chi connectivity index (χ4n) is 8.23. The summed E-state index contributed by atoms with van der Waals surface area (Å²) < 4.78 is 0. The topological polar surface area (TPSA) is 93.6 Å². The molecular weight excluding hydrogens is 392 g/mol. The van der Waals surface area contributed by atoms with Crippen molar-refractivity contribution in [3.05, 3.63) is 35.0 Å². The quantitative estimate of drug-likeness (QED) is 0.684. The van der Waals surface area contributed by atoms with Crippen LogP contribution in [-0.4, -0.2) is 49.2 Å². The van der Waals surface area contributed by atoms with Crippen molar-refractivity contribution >= 4 is 22.8 Å². The van der Waals surface area contributed by atoms with Gasteiger partial charge >= 0.3 is 5.97 Å². The number of hydrogen-bond donors (Lipinski definition) is 3. The molecule has 4 bridgehead atoms. The number of amides is 1. The number of H-pyrrole nitrogens is 1. The molecule has 5 unspecified atom stereocenters. The molecule has 0 radical (unpaired) electrons. The smallest absolute Gasteiger partial charge is 0.352 e. The zero-order valence-corrected chi connectivity index (χ0v) is 17.8. The average Bonchev–Trinajstić information content (AvgIpc) is 3.53. The van der Waals surface area contributed by atoms with Crippen molar-refractivity contribution in [1.82, 2.24) is 9.88 Å². The van der Waals surface area contributed by atoms with Crippen LogP contribution in [0.1, 0.15) is 91.7 Å². The first-order chi connectivity index (χ1) is 14.8. The SMILES string of the molecule is CC(CC(=O)N1C2CC3(O)CC4(C2)CC14C3)c1c(C(=O)O)[nH]c2cccc(C3CC3)c12. The van der Waals surface area contributed by atoms with E-state index in [1.807, 2.05) is 19.1 Å². The van der Waals surface area contributed by atoms with E-state index in [1.165, 1.54) is 5.56 Å². The van der Waals surface area contributed by atoms with E-state index in [-0.39, 0.29) is 34.5 Å². The number of carboxylic acids is 1. The third-order valence-corrected chi connectivity index (χ3v) is 9.22. The van der Waals surface area contributed by atoms with Crippen molar-refractivity contribution in [3.63, 3.8) is 0 Å². The Bertz CT molecular complexity index is 1180. The van der Waals surface area contributed by atoms with Crippen molar-refractivity contribution < 1.29 is 19.8 Å². The Morgan fingerprint density at radius 2 is 2.03 bits per heavy atom. The predicted molar refractivity (Wildman–Crippen MR) is 114 cm³/mol. The molecule has 3 heterocycles. The summed E-state index contributed by atoms with van der Waals surface area (Å²) in [6.07, 6.45) is 6.97. The lowest BCUT2D eigenvalue weighted by Crippen LogP contribution is -2.55. The minimum atomic E-state index is -0.965. The molecule has 1 aromatic carbocycles. The van der Waals surface area contributed by atoms with Gasteiger partial charge in [0.05, 0.1) is 11.1 Å². The van der Waals surface area contributed by atoms with Gasteiger partial charge in [0, 0.05) is 35.2 Å². The molecule has 1 aromatic heterocycles. The lowest BCUT2D eigenvalue weighted by Gasteiger charge is -2.46. The van der Waals surface area contributed by atoms with Crippen LogP contribution in [0.5, 0.6) is 0 Å². The first kappa shape index (κ1) is 18.3. The zero-order chi connectivity index (χ0) is 21.3.